The van der Waals surface area contributed by atoms with Crippen LogP contribution in [0.1, 0.15) is 145 Å². The summed E-state index contributed by atoms with van der Waals surface area (Å²) in [4.78, 5) is 59.1. The van der Waals surface area contributed by atoms with Crippen molar-refractivity contribution in [1.29, 1.82) is 0 Å². The number of aromatic nitrogens is 6. The molecule has 6 heterocycles. The largest absolute Gasteiger partial charge is 1.00 e. The second-order valence-electron chi connectivity index (χ2n) is 25.3. The van der Waals surface area contributed by atoms with Crippen molar-refractivity contribution in [2.45, 2.75) is 158 Å². The topological polar surface area (TPSA) is 190 Å². The Hall–Kier alpha value is -5.28. The molecule has 446 valence electrons. The fourth-order valence-corrected chi connectivity index (χ4v) is 14.7. The summed E-state index contributed by atoms with van der Waals surface area (Å²) < 4.78 is 11.2. The Morgan fingerprint density at radius 2 is 0.871 bits per heavy atom. The van der Waals surface area contributed by atoms with Crippen LogP contribution < -0.4 is 60.6 Å². The Bertz CT molecular complexity index is 3200. The number of carbonyl (C=O) groups is 2. The summed E-state index contributed by atoms with van der Waals surface area (Å²) in [5.41, 5.74) is 13.7. The summed E-state index contributed by atoms with van der Waals surface area (Å²) in [5, 5.41) is 8.89. The van der Waals surface area contributed by atoms with Gasteiger partial charge in [-0.05, 0) is 150 Å². The molecule has 12 rings (SSSR count). The average Bonchev–Trinajstić information content (AvgIpc) is 2.41. The van der Waals surface area contributed by atoms with Gasteiger partial charge in [-0.25, -0.2) is 34.5 Å². The Morgan fingerprint density at radius 3 is 1.21 bits per heavy atom. The molecule has 0 radical (unpaired) electrons. The molecule has 6 aliphatic rings. The van der Waals surface area contributed by atoms with Crippen LogP contribution in [0.15, 0.2) is 125 Å². The minimum atomic E-state index is -0.520. The summed E-state index contributed by atoms with van der Waals surface area (Å²) in [6.07, 6.45) is 19.4. The number of nitrogens with one attached hydrogen (secondary N) is 2. The molecular weight excluding hydrogens is 1130 g/mol. The number of anilines is 3. The van der Waals surface area contributed by atoms with Crippen LogP contribution in [0.25, 0.3) is 0 Å². The van der Waals surface area contributed by atoms with Crippen molar-refractivity contribution in [2.24, 2.45) is 22.0 Å². The van der Waals surface area contributed by atoms with Crippen molar-refractivity contribution in [3.8, 4) is 0 Å². The molecular formula is C65H83N12NaO4S3. The van der Waals surface area contributed by atoms with Gasteiger partial charge in [0.2, 0.25) is 0 Å². The smallest absolute Gasteiger partial charge is 0.759 e. The molecule has 3 aromatic carbocycles. The van der Waals surface area contributed by atoms with E-state index in [0.29, 0.717) is 5.03 Å². The van der Waals surface area contributed by atoms with Crippen molar-refractivity contribution >= 4 is 65.8 Å². The molecule has 3 aliphatic carbocycles. The van der Waals surface area contributed by atoms with Crippen LogP contribution in [-0.2, 0) is 41.4 Å². The van der Waals surface area contributed by atoms with Gasteiger partial charge in [0.1, 0.15) is 38.7 Å². The summed E-state index contributed by atoms with van der Waals surface area (Å²) in [6, 6.07) is 25.7. The molecule has 3 atom stereocenters. The van der Waals surface area contributed by atoms with Gasteiger partial charge in [0.15, 0.2) is 0 Å². The third kappa shape index (κ3) is 15.2. The number of ether oxygens (including phenoxy) is 2. The van der Waals surface area contributed by atoms with Crippen molar-refractivity contribution in [3.63, 3.8) is 0 Å². The normalized spacial score (nSPS) is 20.4. The second kappa shape index (κ2) is 27.4. The fraction of sp³-hybridized carbons (Fsp3) is 0.508. The summed E-state index contributed by atoms with van der Waals surface area (Å²) >= 11 is 8.48. The van der Waals surface area contributed by atoms with E-state index >= 15 is 0 Å². The van der Waals surface area contributed by atoms with Gasteiger partial charge in [0.25, 0.3) is 0 Å². The minimum absolute atomic E-state index is 0. The Labute approximate surface area is 539 Å². The number of fused-ring (bicyclic) bond motifs is 3. The monoisotopic (exact) mass is 1210 g/mol. The van der Waals surface area contributed by atoms with Gasteiger partial charge in [0, 0.05) is 62.3 Å². The van der Waals surface area contributed by atoms with E-state index in [9.17, 15) is 9.59 Å². The summed E-state index contributed by atoms with van der Waals surface area (Å²) in [7, 11) is 0. The second-order valence-corrected chi connectivity index (χ2v) is 28.3. The first-order valence-corrected chi connectivity index (χ1v) is 32.3. The van der Waals surface area contributed by atoms with Crippen molar-refractivity contribution in [2.75, 3.05) is 65.5 Å². The van der Waals surface area contributed by atoms with Crippen LogP contribution >= 0.6 is 23.5 Å². The van der Waals surface area contributed by atoms with E-state index in [2.05, 4.69) is 136 Å². The predicted molar refractivity (Wildman–Crippen MR) is 338 cm³/mol. The third-order valence-corrected chi connectivity index (χ3v) is 19.4. The van der Waals surface area contributed by atoms with Gasteiger partial charge in [-0.2, -0.15) is 0 Å². The number of alkyl carbamates (subject to hydrolysis) is 2. The zero-order valence-electron chi connectivity index (χ0n) is 51.1. The number of hydrogen-bond donors (Lipinski definition) is 3. The van der Waals surface area contributed by atoms with Crippen LogP contribution in [0.5, 0.6) is 0 Å². The number of thioether (sulfide) groups is 2. The molecule has 4 N–H and O–H groups in total. The molecule has 16 nitrogen and oxygen atoms in total. The summed E-state index contributed by atoms with van der Waals surface area (Å²) in [6.45, 7) is 21.2. The van der Waals surface area contributed by atoms with Gasteiger partial charge in [-0.1, -0.05) is 91.7 Å². The molecule has 0 saturated carbocycles. The van der Waals surface area contributed by atoms with Gasteiger partial charge in [-0.3, -0.25) is 4.98 Å². The molecule has 3 aliphatic heterocycles. The van der Waals surface area contributed by atoms with E-state index in [1.54, 1.807) is 35.9 Å². The number of carbonyl (C=O) groups excluding carboxylic acids is 2. The van der Waals surface area contributed by atoms with E-state index in [0.717, 1.165) is 136 Å². The minimum Gasteiger partial charge on any atom is -0.759 e. The van der Waals surface area contributed by atoms with E-state index in [-0.39, 0.29) is 76.1 Å². The number of piperidine rings is 3. The molecule has 3 spiro atoms. The number of hydrogen-bond acceptors (Lipinski definition) is 17. The van der Waals surface area contributed by atoms with E-state index in [1.165, 1.54) is 33.4 Å². The Balaban J connectivity index is 0.000000153. The molecule has 85 heavy (non-hydrogen) atoms. The van der Waals surface area contributed by atoms with Gasteiger partial charge < -0.3 is 53.2 Å². The SMILES string of the molecule is CC(C)(C)OC(=O)N[C@@H]1c2ccccc2CC12CCN(c1cnc([S-])cn1)CC2.CCSc1cnc(N2CCC3(CC2)Cc2ccccc2[C@H]3N)cn1.CCSc1cnc(N2CCC3(CC2)Cc2ccccc2[C@H]3NC(=O)OC(C)(C)C)cn1.[Na+]. The van der Waals surface area contributed by atoms with Crippen molar-refractivity contribution < 1.29 is 48.6 Å². The maximum atomic E-state index is 12.7. The van der Waals surface area contributed by atoms with Crippen LogP contribution in [0.2, 0.25) is 0 Å². The van der Waals surface area contributed by atoms with Crippen LogP contribution in [0, 0.1) is 16.2 Å². The number of amides is 2. The first-order valence-electron chi connectivity index (χ1n) is 29.9. The Kier molecular flexibility index (Phi) is 20.7. The van der Waals surface area contributed by atoms with Gasteiger partial charge in [0.05, 0.1) is 43.1 Å². The quantitative estimate of drug-likeness (QED) is 0.0705. The first kappa shape index (κ1) is 64.2. The van der Waals surface area contributed by atoms with Crippen LogP contribution in [0.3, 0.4) is 0 Å². The molecule has 20 heteroatoms. The Morgan fingerprint density at radius 1 is 0.529 bits per heavy atom. The molecule has 0 bridgehead atoms. The molecule has 3 aromatic heterocycles. The van der Waals surface area contributed by atoms with Gasteiger partial charge in [-0.15, -0.1) is 23.5 Å². The molecule has 6 aromatic rings. The fourth-order valence-electron chi connectivity index (χ4n) is 13.5. The van der Waals surface area contributed by atoms with Gasteiger partial charge >= 0.3 is 41.7 Å². The summed E-state index contributed by atoms with van der Waals surface area (Å²) in [5.74, 6) is 4.81. The number of nitrogens with zero attached hydrogens (tertiary/aromatic N) is 9. The van der Waals surface area contributed by atoms with E-state index in [4.69, 9.17) is 27.8 Å². The van der Waals surface area contributed by atoms with E-state index in [1.807, 2.05) is 72.4 Å². The molecule has 0 unspecified atom stereocenters. The predicted octanol–water partition coefficient (Wildman–Crippen LogP) is 9.22. The van der Waals surface area contributed by atoms with Crippen molar-refractivity contribution in [1.82, 2.24) is 40.5 Å². The third-order valence-electron chi connectivity index (χ3n) is 17.6. The zero-order valence-corrected chi connectivity index (χ0v) is 55.6. The van der Waals surface area contributed by atoms with Crippen molar-refractivity contribution in [3.05, 3.63) is 143 Å². The van der Waals surface area contributed by atoms with Crippen LogP contribution in [-0.4, -0.2) is 104 Å². The number of nitrogens with two attached hydrogens (primary N) is 1. The first-order chi connectivity index (χ1) is 40.3. The van der Waals surface area contributed by atoms with E-state index < -0.39 is 11.2 Å². The number of benzene rings is 3. The maximum Gasteiger partial charge on any atom is 1.00 e. The zero-order chi connectivity index (χ0) is 59.3. The molecule has 3 fully saturated rings. The van der Waals surface area contributed by atoms with Crippen LogP contribution in [0.4, 0.5) is 27.0 Å². The maximum absolute atomic E-state index is 12.7. The molecule has 2 amide bonds. The number of rotatable bonds is 9. The molecule has 3 saturated heterocycles. The standard InChI is InChI=1S/C24H32N4O2S.C22H28N4O2S.C19H24N4S.Na/c1-5-31-20-16-25-19(15-26-20)28-12-10-24(11-13-28)14-17-8-6-7-9-18(17)21(24)27-22(29)30-23(2,3)4;1-21(2,3)28-20(27)25-19-16-7-5-4-6-15(16)12-22(19)8-10-26(11-9-22)17-13-24-18(29)14-23-17;1-2-24-17-13-21-16(12-22-17)23-9-7-19(8-10-23)11-14-5-3-4-6-15(14)18(19)20;/h6-9,15-16,21H,5,10-14H2,1-4H3,(H,27,29);4-7,13-14,19H,8-12H2,1-3H3,(H,24,29)(H,25,27);3-6,12-13,18H,2,7-11,20H2,1H3;/q;;;+1/p-1/t21-;19-;18-;/m111./s1. The average molecular weight is 1220 g/mol.